The van der Waals surface area contributed by atoms with Crippen LogP contribution in [0.1, 0.15) is 28.7 Å². The minimum atomic E-state index is -1.74. The molecule has 1 aliphatic rings. The van der Waals surface area contributed by atoms with Crippen molar-refractivity contribution in [2.24, 2.45) is 0 Å². The molecule has 13 nitrogen and oxygen atoms in total. The molecular formula is C30H26O13S2. The lowest BCUT2D eigenvalue weighted by molar-refractivity contribution is 0.00771. The first-order chi connectivity index (χ1) is 20.4. The fourth-order valence-corrected chi connectivity index (χ4v) is 5.34. The lowest BCUT2D eigenvalue weighted by atomic mass is 9.77. The Balaban J connectivity index is 0.00000230. The molecule has 10 N–H and O–H groups in total. The molecule has 2 unspecified atom stereocenters. The van der Waals surface area contributed by atoms with Crippen LogP contribution in [0.2, 0.25) is 0 Å². The summed E-state index contributed by atoms with van der Waals surface area (Å²) in [5.41, 5.74) is -1.77. The second kappa shape index (κ2) is 11.7. The molecule has 1 aromatic heterocycles. The highest BCUT2D eigenvalue weighted by atomic mass is 32.1. The number of fused-ring (bicyclic) bond motifs is 2. The first-order valence-corrected chi connectivity index (χ1v) is 12.6. The summed E-state index contributed by atoms with van der Waals surface area (Å²) in [4.78, 5) is 13.1. The van der Waals surface area contributed by atoms with Crippen molar-refractivity contribution < 1.29 is 60.2 Å². The third-order valence-corrected chi connectivity index (χ3v) is 7.36. The molecule has 0 saturated heterocycles. The molecule has 2 heterocycles. The van der Waals surface area contributed by atoms with Crippen LogP contribution in [0.25, 0.3) is 22.3 Å². The van der Waals surface area contributed by atoms with Crippen molar-refractivity contribution in [3.8, 4) is 68.8 Å². The fraction of sp³-hybridized carbons (Fsp3) is 0.100. The van der Waals surface area contributed by atoms with Gasteiger partial charge in [0.05, 0.1) is 5.39 Å². The van der Waals surface area contributed by atoms with E-state index in [4.69, 9.17) is 9.15 Å². The smallest absolute Gasteiger partial charge is 0.235 e. The van der Waals surface area contributed by atoms with E-state index in [1.54, 1.807) is 0 Å². The van der Waals surface area contributed by atoms with E-state index in [2.05, 4.69) is 0 Å². The topological polar surface area (TPSA) is 242 Å². The number of aliphatic hydroxyl groups excluding tert-OH is 1. The molecule has 45 heavy (non-hydrogen) atoms. The van der Waals surface area contributed by atoms with Gasteiger partial charge in [-0.2, -0.15) is 27.0 Å². The van der Waals surface area contributed by atoms with E-state index in [-0.39, 0.29) is 77.5 Å². The molecule has 0 fully saturated rings. The average Bonchev–Trinajstić information content (AvgIpc) is 2.96. The van der Waals surface area contributed by atoms with Crippen LogP contribution in [0.4, 0.5) is 0 Å². The molecule has 6 rings (SSSR count). The molecule has 1 aliphatic heterocycles. The Labute approximate surface area is 266 Å². The Kier molecular flexibility index (Phi) is 8.48. The number of rotatable bonds is 3. The van der Waals surface area contributed by atoms with Gasteiger partial charge in [-0.15, -0.1) is 0 Å². The maximum absolute atomic E-state index is 13.1. The highest BCUT2D eigenvalue weighted by molar-refractivity contribution is 7.59. The Bertz CT molecular complexity index is 2000. The lowest BCUT2D eigenvalue weighted by Gasteiger charge is -2.38. The highest BCUT2D eigenvalue weighted by Gasteiger charge is 2.43. The zero-order chi connectivity index (χ0) is 30.9. The van der Waals surface area contributed by atoms with E-state index >= 15 is 0 Å². The number of phenols is 8. The lowest BCUT2D eigenvalue weighted by Crippen LogP contribution is -2.35. The maximum atomic E-state index is 13.1. The van der Waals surface area contributed by atoms with E-state index in [0.717, 1.165) is 24.3 Å². The summed E-state index contributed by atoms with van der Waals surface area (Å²) in [5, 5.41) is 105. The molecule has 0 aliphatic carbocycles. The second-order valence-electron chi connectivity index (χ2n) is 9.98. The van der Waals surface area contributed by atoms with Crippen molar-refractivity contribution in [1.29, 1.82) is 0 Å². The van der Waals surface area contributed by atoms with Gasteiger partial charge in [-0.25, -0.2) is 0 Å². The predicted octanol–water partition coefficient (Wildman–Crippen LogP) is 3.66. The van der Waals surface area contributed by atoms with Crippen molar-refractivity contribution in [3.63, 3.8) is 0 Å². The van der Waals surface area contributed by atoms with Crippen molar-refractivity contribution >= 4 is 38.0 Å². The van der Waals surface area contributed by atoms with Crippen LogP contribution in [0, 0.1) is 0 Å². The number of ether oxygens (including phenoxy) is 1. The van der Waals surface area contributed by atoms with Crippen molar-refractivity contribution in [2.45, 2.75) is 18.1 Å². The van der Waals surface area contributed by atoms with Crippen molar-refractivity contribution in [2.75, 3.05) is 0 Å². The van der Waals surface area contributed by atoms with E-state index in [1.807, 2.05) is 0 Å². The highest BCUT2D eigenvalue weighted by Crippen LogP contribution is 2.55. The number of benzene rings is 4. The monoisotopic (exact) mass is 658 g/mol. The van der Waals surface area contributed by atoms with Gasteiger partial charge in [0.25, 0.3) is 0 Å². The Morgan fingerprint density at radius 1 is 0.644 bits per heavy atom. The summed E-state index contributed by atoms with van der Waals surface area (Å²) in [6.45, 7) is 0. The Morgan fingerprint density at radius 2 is 1.24 bits per heavy atom. The number of hydrogen-bond acceptors (Lipinski definition) is 13. The minimum absolute atomic E-state index is 0. The molecular weight excluding hydrogens is 632 g/mol. The van der Waals surface area contributed by atoms with E-state index in [9.17, 15) is 55.9 Å². The number of hydrogen-bond donors (Lipinski definition) is 10. The van der Waals surface area contributed by atoms with Gasteiger partial charge in [-0.3, -0.25) is 4.79 Å². The van der Waals surface area contributed by atoms with E-state index in [0.29, 0.717) is 0 Å². The second-order valence-corrected chi connectivity index (χ2v) is 9.98. The number of aromatic hydroxyl groups is 9. The number of phenolic OH excluding ortho intramolecular Hbond substituents is 8. The van der Waals surface area contributed by atoms with Gasteiger partial charge in [0.1, 0.15) is 28.9 Å². The third-order valence-electron chi connectivity index (χ3n) is 7.36. The van der Waals surface area contributed by atoms with Gasteiger partial charge in [-0.05, 0) is 36.4 Å². The van der Waals surface area contributed by atoms with Gasteiger partial charge in [0.2, 0.25) is 16.9 Å². The van der Waals surface area contributed by atoms with Gasteiger partial charge < -0.3 is 60.2 Å². The molecule has 236 valence electrons. The summed E-state index contributed by atoms with van der Waals surface area (Å²) in [6.07, 6.45) is -3.21. The summed E-state index contributed by atoms with van der Waals surface area (Å²) in [5.74, 6) is -8.80. The summed E-state index contributed by atoms with van der Waals surface area (Å²) in [7, 11) is 0. The van der Waals surface area contributed by atoms with Crippen LogP contribution in [-0.2, 0) is 0 Å². The summed E-state index contributed by atoms with van der Waals surface area (Å²) < 4.78 is 11.7. The van der Waals surface area contributed by atoms with Crippen molar-refractivity contribution in [3.05, 3.63) is 81.5 Å². The fourth-order valence-electron chi connectivity index (χ4n) is 5.34. The van der Waals surface area contributed by atoms with Gasteiger partial charge in [0.15, 0.2) is 40.6 Å². The normalized spacial score (nSPS) is 17.0. The van der Waals surface area contributed by atoms with Crippen LogP contribution in [0.3, 0.4) is 0 Å². The van der Waals surface area contributed by atoms with Crippen LogP contribution >= 0.6 is 27.0 Å². The molecule has 0 saturated carbocycles. The van der Waals surface area contributed by atoms with E-state index < -0.39 is 69.6 Å². The third kappa shape index (κ3) is 5.16. The van der Waals surface area contributed by atoms with Gasteiger partial charge in [-0.1, -0.05) is 6.07 Å². The molecule has 3 atom stereocenters. The average molecular weight is 659 g/mol. The first-order valence-electron chi connectivity index (χ1n) is 12.6. The zero-order valence-corrected chi connectivity index (χ0v) is 24.6. The van der Waals surface area contributed by atoms with Crippen LogP contribution in [-0.4, -0.2) is 57.2 Å². The van der Waals surface area contributed by atoms with Crippen LogP contribution in [0.5, 0.6) is 57.5 Å². The van der Waals surface area contributed by atoms with E-state index in [1.165, 1.54) is 30.3 Å². The molecule has 0 amide bonds. The van der Waals surface area contributed by atoms with Gasteiger partial charge in [0, 0.05) is 40.3 Å². The predicted molar refractivity (Wildman–Crippen MR) is 168 cm³/mol. The summed E-state index contributed by atoms with van der Waals surface area (Å²) >= 11 is 0. The molecule has 5 aromatic rings. The molecule has 0 spiro atoms. The zero-order valence-electron chi connectivity index (χ0n) is 22.6. The molecule has 15 heteroatoms. The summed E-state index contributed by atoms with van der Waals surface area (Å²) in [6, 6.07) is 10.2. The largest absolute Gasteiger partial charge is 0.508 e. The van der Waals surface area contributed by atoms with Gasteiger partial charge >= 0.3 is 0 Å². The SMILES string of the molecule is O=c1c(O)c(-c2cc(O)c(O)c(O)c2C2c3ccc(O)cc3OC(c3cc(O)c(O)c(O)c3)[C@H]2O)oc2cc(O)ccc12.S.S. The first kappa shape index (κ1) is 32.7. The molecule has 0 bridgehead atoms. The molecule has 4 aromatic carbocycles. The maximum Gasteiger partial charge on any atom is 0.235 e. The Morgan fingerprint density at radius 3 is 1.91 bits per heavy atom. The van der Waals surface area contributed by atoms with Crippen LogP contribution in [0.15, 0.2) is 63.8 Å². The Hall–Kier alpha value is -5.25. The minimum Gasteiger partial charge on any atom is -0.508 e. The quantitative estimate of drug-likeness (QED) is 0.125. The number of aliphatic hydroxyl groups is 1. The molecule has 0 radical (unpaired) electrons. The standard InChI is InChI=1S/C30H22O13.2H2S/c31-11-1-3-13-19(7-11)42-29(10-5-16(33)24(37)17(34)6-10)27(40)21(13)22-15(9-18(35)25(38)26(22)39)30-28(41)23(36)14-4-2-12(32)8-20(14)43-30;;/h1-9,21,27,29,31-35,37-41H;2*1H2/t21?,27-,29?;;/m0../s1. The van der Waals surface area contributed by atoms with Crippen molar-refractivity contribution in [1.82, 2.24) is 0 Å². The van der Waals surface area contributed by atoms with Crippen LogP contribution < -0.4 is 10.2 Å².